The third-order valence-electron chi connectivity index (χ3n) is 2.81. The van der Waals surface area contributed by atoms with Gasteiger partial charge in [-0.2, -0.15) is 0 Å². The molecule has 2 amide bonds. The standard InChI is InChI=1S/C14H8Cl6N4O2/c15-5-1-7(17)11(19)9(3-5)21-23-13(25)14(26)24-22-10-4-6(16)2-8(18)12(10)20/h1-4,21-22H,(H,23,25)(H,24,26). The number of carbonyl (C=O) groups is 2. The highest BCUT2D eigenvalue weighted by molar-refractivity contribution is 6.46. The van der Waals surface area contributed by atoms with E-state index in [1.165, 1.54) is 24.3 Å². The molecule has 6 nitrogen and oxygen atoms in total. The number of halogens is 6. The van der Waals surface area contributed by atoms with Gasteiger partial charge in [0.25, 0.3) is 0 Å². The van der Waals surface area contributed by atoms with Crippen LogP contribution in [0.3, 0.4) is 0 Å². The number of hydrogen-bond donors (Lipinski definition) is 4. The largest absolute Gasteiger partial charge is 0.329 e. The van der Waals surface area contributed by atoms with Crippen LogP contribution >= 0.6 is 69.6 Å². The summed E-state index contributed by atoms with van der Waals surface area (Å²) in [5.74, 6) is -2.07. The molecule has 0 fully saturated rings. The fraction of sp³-hybridized carbons (Fsp3) is 0. The predicted octanol–water partition coefficient (Wildman–Crippen LogP) is 5.19. The molecular weight excluding hydrogens is 469 g/mol. The first-order valence-electron chi connectivity index (χ1n) is 6.60. The Bertz CT molecular complexity index is 806. The number of nitrogens with one attached hydrogen (secondary N) is 4. The van der Waals surface area contributed by atoms with Crippen LogP contribution in [0.4, 0.5) is 11.4 Å². The summed E-state index contributed by atoms with van der Waals surface area (Å²) in [7, 11) is 0. The SMILES string of the molecule is O=C(NNc1cc(Cl)cc(Cl)c1Cl)C(=O)NNc1cc(Cl)cc(Cl)c1Cl. The molecule has 0 unspecified atom stereocenters. The fourth-order valence-corrected chi connectivity index (χ4v) is 2.96. The van der Waals surface area contributed by atoms with Crippen molar-refractivity contribution in [3.63, 3.8) is 0 Å². The highest BCUT2D eigenvalue weighted by Crippen LogP contribution is 2.33. The summed E-state index contributed by atoms with van der Waals surface area (Å²) >= 11 is 35.3. The Morgan fingerprint density at radius 1 is 0.615 bits per heavy atom. The van der Waals surface area contributed by atoms with Gasteiger partial charge in [-0.1, -0.05) is 69.6 Å². The number of hydrogen-bond acceptors (Lipinski definition) is 4. The molecule has 2 rings (SSSR count). The topological polar surface area (TPSA) is 82.3 Å². The van der Waals surface area contributed by atoms with Crippen molar-refractivity contribution in [1.82, 2.24) is 10.9 Å². The Balaban J connectivity index is 1.96. The maximum Gasteiger partial charge on any atom is 0.329 e. The highest BCUT2D eigenvalue weighted by atomic mass is 35.5. The van der Waals surface area contributed by atoms with Crippen molar-refractivity contribution in [3.05, 3.63) is 54.4 Å². The maximum absolute atomic E-state index is 11.8. The molecule has 12 heteroatoms. The molecule has 0 aliphatic carbocycles. The van der Waals surface area contributed by atoms with Gasteiger partial charge in [0.1, 0.15) is 0 Å². The van der Waals surface area contributed by atoms with Gasteiger partial charge in [-0.15, -0.1) is 0 Å². The average Bonchev–Trinajstić information content (AvgIpc) is 2.57. The zero-order chi connectivity index (χ0) is 19.4. The number of rotatable bonds is 4. The van der Waals surface area contributed by atoms with E-state index in [4.69, 9.17) is 69.6 Å². The maximum atomic E-state index is 11.8. The first-order valence-corrected chi connectivity index (χ1v) is 8.87. The molecule has 138 valence electrons. The third-order valence-corrected chi connectivity index (χ3v) is 4.85. The predicted molar refractivity (Wildman–Crippen MR) is 106 cm³/mol. The molecule has 0 aliphatic rings. The Morgan fingerprint density at radius 3 is 1.31 bits per heavy atom. The van der Waals surface area contributed by atoms with E-state index < -0.39 is 11.8 Å². The van der Waals surface area contributed by atoms with E-state index in [2.05, 4.69) is 21.7 Å². The second kappa shape index (κ2) is 9.08. The first kappa shape index (κ1) is 21.0. The molecule has 0 aromatic heterocycles. The van der Waals surface area contributed by atoms with Crippen molar-refractivity contribution in [3.8, 4) is 0 Å². The monoisotopic (exact) mass is 474 g/mol. The van der Waals surface area contributed by atoms with Crippen molar-refractivity contribution in [2.75, 3.05) is 10.9 Å². The molecule has 0 bridgehead atoms. The van der Waals surface area contributed by atoms with Gasteiger partial charge in [0.15, 0.2) is 0 Å². The summed E-state index contributed by atoms with van der Waals surface area (Å²) in [6, 6.07) is 5.68. The molecule has 2 aromatic rings. The van der Waals surface area contributed by atoms with Crippen molar-refractivity contribution in [2.45, 2.75) is 0 Å². The van der Waals surface area contributed by atoms with Gasteiger partial charge in [-0.3, -0.25) is 31.3 Å². The summed E-state index contributed by atoms with van der Waals surface area (Å²) in [6.45, 7) is 0. The van der Waals surface area contributed by atoms with Gasteiger partial charge in [-0.25, -0.2) is 0 Å². The second-order valence-electron chi connectivity index (χ2n) is 4.66. The minimum atomic E-state index is -1.03. The van der Waals surface area contributed by atoms with Crippen LogP contribution in [0.1, 0.15) is 0 Å². The number of benzene rings is 2. The van der Waals surface area contributed by atoms with Gasteiger partial charge in [0.2, 0.25) is 0 Å². The molecule has 0 atom stereocenters. The van der Waals surface area contributed by atoms with E-state index in [1.54, 1.807) is 0 Å². The summed E-state index contributed by atoms with van der Waals surface area (Å²) in [6.07, 6.45) is 0. The Labute approximate surface area is 178 Å². The van der Waals surface area contributed by atoms with Crippen molar-refractivity contribution in [2.24, 2.45) is 0 Å². The Hall–Kier alpha value is -1.28. The van der Waals surface area contributed by atoms with Crippen LogP contribution < -0.4 is 21.7 Å². The van der Waals surface area contributed by atoms with Gasteiger partial charge >= 0.3 is 11.8 Å². The Morgan fingerprint density at radius 2 is 0.962 bits per heavy atom. The van der Waals surface area contributed by atoms with Gasteiger partial charge < -0.3 is 0 Å². The lowest BCUT2D eigenvalue weighted by Crippen LogP contribution is -2.44. The van der Waals surface area contributed by atoms with E-state index in [-0.39, 0.29) is 41.5 Å². The molecule has 0 heterocycles. The lowest BCUT2D eigenvalue weighted by Gasteiger charge is -2.13. The Kier molecular flexibility index (Phi) is 7.34. The number of amides is 2. The quantitative estimate of drug-likeness (QED) is 0.278. The molecule has 4 N–H and O–H groups in total. The average molecular weight is 477 g/mol. The molecule has 0 spiro atoms. The van der Waals surface area contributed by atoms with Crippen LogP contribution in [0.5, 0.6) is 0 Å². The molecule has 26 heavy (non-hydrogen) atoms. The zero-order valence-corrected chi connectivity index (χ0v) is 16.9. The summed E-state index contributed by atoms with van der Waals surface area (Å²) in [5.41, 5.74) is 9.59. The van der Waals surface area contributed by atoms with Crippen LogP contribution in [0, 0.1) is 0 Å². The van der Waals surface area contributed by atoms with Crippen LogP contribution in [0.15, 0.2) is 24.3 Å². The van der Waals surface area contributed by atoms with Crippen molar-refractivity contribution < 1.29 is 9.59 Å². The van der Waals surface area contributed by atoms with Crippen LogP contribution in [0.25, 0.3) is 0 Å². The van der Waals surface area contributed by atoms with E-state index in [0.29, 0.717) is 0 Å². The van der Waals surface area contributed by atoms with E-state index in [0.717, 1.165) is 0 Å². The van der Waals surface area contributed by atoms with Gasteiger partial charge in [-0.05, 0) is 24.3 Å². The van der Waals surface area contributed by atoms with E-state index in [9.17, 15) is 9.59 Å². The molecular formula is C14H8Cl6N4O2. The van der Waals surface area contributed by atoms with E-state index in [1.807, 2.05) is 0 Å². The molecule has 0 radical (unpaired) electrons. The van der Waals surface area contributed by atoms with Crippen LogP contribution in [-0.2, 0) is 9.59 Å². The second-order valence-corrected chi connectivity index (χ2v) is 7.10. The minimum absolute atomic E-state index is 0.121. The highest BCUT2D eigenvalue weighted by Gasteiger charge is 2.15. The van der Waals surface area contributed by atoms with Crippen LogP contribution in [-0.4, -0.2) is 11.8 Å². The summed E-state index contributed by atoms with van der Waals surface area (Å²) in [5, 5.41) is 1.17. The van der Waals surface area contributed by atoms with Gasteiger partial charge in [0.05, 0.1) is 31.5 Å². The lowest BCUT2D eigenvalue weighted by atomic mass is 10.3. The normalized spacial score (nSPS) is 10.2. The molecule has 2 aromatic carbocycles. The van der Waals surface area contributed by atoms with Crippen molar-refractivity contribution in [1.29, 1.82) is 0 Å². The first-order chi connectivity index (χ1) is 12.2. The summed E-state index contributed by atoms with van der Waals surface area (Å²) < 4.78 is 0. The molecule has 0 aliphatic heterocycles. The zero-order valence-electron chi connectivity index (χ0n) is 12.4. The van der Waals surface area contributed by atoms with Gasteiger partial charge in [0, 0.05) is 10.0 Å². The lowest BCUT2D eigenvalue weighted by molar-refractivity contribution is -0.138. The molecule has 0 saturated carbocycles. The minimum Gasteiger partial charge on any atom is -0.297 e. The number of carbonyl (C=O) groups excluding carboxylic acids is 2. The fourth-order valence-electron chi connectivity index (χ4n) is 1.66. The third kappa shape index (κ3) is 5.36. The number of hydrazine groups is 2. The van der Waals surface area contributed by atoms with Crippen LogP contribution in [0.2, 0.25) is 30.1 Å². The van der Waals surface area contributed by atoms with E-state index >= 15 is 0 Å². The molecule has 0 saturated heterocycles. The number of anilines is 2. The smallest absolute Gasteiger partial charge is 0.297 e. The van der Waals surface area contributed by atoms with Crippen molar-refractivity contribution >= 4 is 92.8 Å². The summed E-state index contributed by atoms with van der Waals surface area (Å²) in [4.78, 5) is 23.6.